The van der Waals surface area contributed by atoms with Gasteiger partial charge in [-0.2, -0.15) is 14.9 Å². The van der Waals surface area contributed by atoms with Crippen molar-refractivity contribution < 1.29 is 9.84 Å². The van der Waals surface area contributed by atoms with Crippen LogP contribution in [0.3, 0.4) is 0 Å². The van der Waals surface area contributed by atoms with Gasteiger partial charge in [0.2, 0.25) is 4.77 Å². The Kier molecular flexibility index (Phi) is 4.62. The number of H-pyrrole nitrogens is 1. The molecule has 1 aliphatic heterocycles. The molecule has 0 spiro atoms. The molecule has 22 heavy (non-hydrogen) atoms. The number of hydrogen-bond donors (Lipinski definition) is 2. The van der Waals surface area contributed by atoms with E-state index in [0.29, 0.717) is 16.9 Å². The Bertz CT molecular complexity index is 718. The number of aromatic nitrogens is 3. The molecule has 1 aliphatic rings. The van der Waals surface area contributed by atoms with Crippen LogP contribution in [0.2, 0.25) is 0 Å². The van der Waals surface area contributed by atoms with E-state index in [1.54, 1.807) is 29.1 Å². The normalized spacial score (nSPS) is 16.4. The molecule has 0 atom stereocenters. The number of nitrogens with zero attached hydrogens (tertiary/aromatic N) is 4. The maximum atomic E-state index is 9.77. The third-order valence-electron chi connectivity index (χ3n) is 3.44. The van der Waals surface area contributed by atoms with Crippen LogP contribution in [0.25, 0.3) is 0 Å². The summed E-state index contributed by atoms with van der Waals surface area (Å²) in [6.07, 6.45) is 1.57. The maximum absolute atomic E-state index is 9.77. The van der Waals surface area contributed by atoms with Gasteiger partial charge < -0.3 is 9.84 Å². The lowest BCUT2D eigenvalue weighted by Crippen LogP contribution is -2.36. The number of aromatic amines is 1. The first kappa shape index (κ1) is 14.9. The average Bonchev–Trinajstić information content (AvgIpc) is 2.88. The second-order valence-corrected chi connectivity index (χ2v) is 5.34. The van der Waals surface area contributed by atoms with E-state index in [1.807, 2.05) is 6.07 Å². The molecule has 8 heteroatoms. The summed E-state index contributed by atoms with van der Waals surface area (Å²) in [7, 11) is 0. The lowest BCUT2D eigenvalue weighted by atomic mass is 10.2. The molecule has 0 bridgehead atoms. The summed E-state index contributed by atoms with van der Waals surface area (Å²) in [6.45, 7) is 3.83. The van der Waals surface area contributed by atoms with Gasteiger partial charge in [0.25, 0.3) is 0 Å². The average molecular weight is 319 g/mol. The van der Waals surface area contributed by atoms with Crippen LogP contribution < -0.4 is 0 Å². The van der Waals surface area contributed by atoms with Crippen molar-refractivity contribution in [1.29, 1.82) is 0 Å². The predicted molar refractivity (Wildman–Crippen MR) is 84.6 cm³/mol. The van der Waals surface area contributed by atoms with Gasteiger partial charge >= 0.3 is 0 Å². The zero-order valence-corrected chi connectivity index (χ0v) is 12.8. The van der Waals surface area contributed by atoms with E-state index in [0.717, 1.165) is 32.1 Å². The van der Waals surface area contributed by atoms with E-state index in [4.69, 9.17) is 17.0 Å². The summed E-state index contributed by atoms with van der Waals surface area (Å²) in [5.74, 6) is 0.912. The molecular formula is C14H17N5O2S. The molecule has 2 N–H and O–H groups in total. The Balaban J connectivity index is 1.80. The molecule has 116 valence electrons. The summed E-state index contributed by atoms with van der Waals surface area (Å²) in [4.78, 5) is 2.24. The van der Waals surface area contributed by atoms with Crippen LogP contribution in [0.1, 0.15) is 11.4 Å². The van der Waals surface area contributed by atoms with Crippen LogP contribution in [-0.2, 0) is 11.3 Å². The van der Waals surface area contributed by atoms with E-state index in [1.165, 1.54) is 0 Å². The highest BCUT2D eigenvalue weighted by Crippen LogP contribution is 2.13. The SMILES string of the molecule is Oc1ccccc1/C=N/n1c(CN2CCOCC2)n[nH]c1=S. The molecule has 3 rings (SSSR count). The number of hydrogen-bond acceptors (Lipinski definition) is 6. The largest absolute Gasteiger partial charge is 0.507 e. The maximum Gasteiger partial charge on any atom is 0.216 e. The molecule has 1 aromatic carbocycles. The molecule has 1 fully saturated rings. The zero-order chi connectivity index (χ0) is 15.4. The second-order valence-electron chi connectivity index (χ2n) is 4.95. The first-order valence-corrected chi connectivity index (χ1v) is 7.43. The number of aromatic hydroxyl groups is 1. The zero-order valence-electron chi connectivity index (χ0n) is 12.0. The predicted octanol–water partition coefficient (Wildman–Crippen LogP) is 1.36. The quantitative estimate of drug-likeness (QED) is 0.657. The second kappa shape index (κ2) is 6.82. The van der Waals surface area contributed by atoms with Gasteiger partial charge in [-0.05, 0) is 24.4 Å². The fraction of sp³-hybridized carbons (Fsp3) is 0.357. The Morgan fingerprint density at radius 1 is 1.36 bits per heavy atom. The van der Waals surface area contributed by atoms with Crippen LogP contribution in [0.4, 0.5) is 0 Å². The van der Waals surface area contributed by atoms with E-state index in [9.17, 15) is 5.11 Å². The van der Waals surface area contributed by atoms with E-state index >= 15 is 0 Å². The lowest BCUT2D eigenvalue weighted by Gasteiger charge is -2.25. The number of ether oxygens (including phenoxy) is 1. The van der Waals surface area contributed by atoms with E-state index in [-0.39, 0.29) is 5.75 Å². The fourth-order valence-corrected chi connectivity index (χ4v) is 2.42. The third-order valence-corrected chi connectivity index (χ3v) is 3.70. The summed E-state index contributed by atoms with van der Waals surface area (Å²) in [5, 5.41) is 21.1. The Morgan fingerprint density at radius 3 is 2.91 bits per heavy atom. The summed E-state index contributed by atoms with van der Waals surface area (Å²) in [5.41, 5.74) is 0.628. The van der Waals surface area contributed by atoms with Gasteiger partial charge in [-0.3, -0.25) is 10.00 Å². The van der Waals surface area contributed by atoms with Crippen molar-refractivity contribution >= 4 is 18.4 Å². The van der Waals surface area contributed by atoms with Crippen molar-refractivity contribution in [2.24, 2.45) is 5.10 Å². The molecule has 2 aromatic rings. The molecule has 7 nitrogen and oxygen atoms in total. The van der Waals surface area contributed by atoms with Crippen LogP contribution in [0, 0.1) is 4.77 Å². The van der Waals surface area contributed by atoms with Crippen LogP contribution in [0.15, 0.2) is 29.4 Å². The highest BCUT2D eigenvalue weighted by atomic mass is 32.1. The number of morpholine rings is 1. The van der Waals surface area contributed by atoms with Gasteiger partial charge in [-0.1, -0.05) is 12.1 Å². The fourth-order valence-electron chi connectivity index (χ4n) is 2.22. The summed E-state index contributed by atoms with van der Waals surface area (Å²) in [6, 6.07) is 7.00. The van der Waals surface area contributed by atoms with E-state index < -0.39 is 0 Å². The van der Waals surface area contributed by atoms with Gasteiger partial charge in [0.1, 0.15) is 5.75 Å². The molecule has 2 heterocycles. The smallest absolute Gasteiger partial charge is 0.216 e. The van der Waals surface area contributed by atoms with Crippen molar-refractivity contribution in [1.82, 2.24) is 19.8 Å². The number of rotatable bonds is 4. The van der Waals surface area contributed by atoms with Crippen molar-refractivity contribution in [2.45, 2.75) is 6.54 Å². The number of phenols is 1. The molecule has 0 saturated carbocycles. The van der Waals surface area contributed by atoms with Crippen LogP contribution in [0.5, 0.6) is 5.75 Å². The van der Waals surface area contributed by atoms with Gasteiger partial charge in [-0.25, -0.2) is 0 Å². The topological polar surface area (TPSA) is 78.7 Å². The standard InChI is InChI=1S/C14H17N5O2S/c20-12-4-2-1-3-11(12)9-15-19-13(16-17-14(19)22)10-18-5-7-21-8-6-18/h1-4,9,20H,5-8,10H2,(H,17,22)/b15-9+. The van der Waals surface area contributed by atoms with Crippen molar-refractivity contribution in [3.05, 3.63) is 40.4 Å². The number of para-hydroxylation sites is 1. The molecular weight excluding hydrogens is 302 g/mol. The minimum Gasteiger partial charge on any atom is -0.507 e. The van der Waals surface area contributed by atoms with Gasteiger partial charge in [0, 0.05) is 18.7 Å². The van der Waals surface area contributed by atoms with E-state index in [2.05, 4.69) is 20.2 Å². The molecule has 0 amide bonds. The van der Waals surface area contributed by atoms with Crippen molar-refractivity contribution in [3.8, 4) is 5.75 Å². The molecule has 0 unspecified atom stereocenters. The number of benzene rings is 1. The highest BCUT2D eigenvalue weighted by Gasteiger charge is 2.14. The van der Waals surface area contributed by atoms with Gasteiger partial charge in [0.15, 0.2) is 5.82 Å². The molecule has 0 radical (unpaired) electrons. The van der Waals surface area contributed by atoms with Gasteiger partial charge in [0.05, 0.1) is 26.0 Å². The number of phenolic OH excluding ortho intramolecular Hbond substituents is 1. The Hall–Kier alpha value is -2.03. The Morgan fingerprint density at radius 2 is 2.14 bits per heavy atom. The molecule has 1 saturated heterocycles. The van der Waals surface area contributed by atoms with Gasteiger partial charge in [-0.15, -0.1) is 0 Å². The minimum absolute atomic E-state index is 0.177. The van der Waals surface area contributed by atoms with Crippen molar-refractivity contribution in [3.63, 3.8) is 0 Å². The first-order chi connectivity index (χ1) is 10.7. The van der Waals surface area contributed by atoms with Crippen molar-refractivity contribution in [2.75, 3.05) is 26.3 Å². The lowest BCUT2D eigenvalue weighted by molar-refractivity contribution is 0.0326. The summed E-state index contributed by atoms with van der Waals surface area (Å²) >= 11 is 5.21. The molecule has 1 aromatic heterocycles. The monoisotopic (exact) mass is 319 g/mol. The van der Waals surface area contributed by atoms with Crippen LogP contribution >= 0.6 is 12.2 Å². The van der Waals surface area contributed by atoms with Crippen LogP contribution in [-0.4, -0.2) is 57.4 Å². The minimum atomic E-state index is 0.177. The number of nitrogens with one attached hydrogen (secondary N) is 1. The third kappa shape index (κ3) is 3.41. The summed E-state index contributed by atoms with van der Waals surface area (Å²) < 4.78 is 7.34. The first-order valence-electron chi connectivity index (χ1n) is 7.03. The highest BCUT2D eigenvalue weighted by molar-refractivity contribution is 7.71. The Labute approximate surface area is 132 Å². The molecule has 0 aliphatic carbocycles.